The molecule has 0 aromatic rings. The lowest BCUT2D eigenvalue weighted by Crippen LogP contribution is -2.59. The van der Waals surface area contributed by atoms with Crippen LogP contribution in [-0.4, -0.2) is 50.3 Å². The van der Waals surface area contributed by atoms with Crippen molar-refractivity contribution in [1.29, 1.82) is 0 Å². The Bertz CT molecular complexity index is 296. The summed E-state index contributed by atoms with van der Waals surface area (Å²) in [6.45, 7) is 0.657. The fourth-order valence-corrected chi connectivity index (χ4v) is 2.28. The molecule has 1 heterocycles. The Morgan fingerprint density at radius 3 is 2.59 bits per heavy atom. The molecule has 100 valence electrons. The van der Waals surface area contributed by atoms with Crippen LogP contribution in [0.5, 0.6) is 0 Å². The Kier molecular flexibility index (Phi) is 4.03. The van der Waals surface area contributed by atoms with Gasteiger partial charge in [0, 0.05) is 12.6 Å². The summed E-state index contributed by atoms with van der Waals surface area (Å²) in [5.41, 5.74) is 4.11. The van der Waals surface area contributed by atoms with E-state index in [-0.39, 0.29) is 13.0 Å². The summed E-state index contributed by atoms with van der Waals surface area (Å²) in [6.07, 6.45) is -5.58. The summed E-state index contributed by atoms with van der Waals surface area (Å²) in [7, 11) is 2.85. The number of hydrogen-bond donors (Lipinski definition) is 1. The minimum absolute atomic E-state index is 0.0663. The molecule has 0 aromatic heterocycles. The average molecular weight is 254 g/mol. The van der Waals surface area contributed by atoms with E-state index in [9.17, 15) is 18.0 Å². The Hall–Kier alpha value is -0.820. The highest BCUT2D eigenvalue weighted by molar-refractivity contribution is 5.78. The van der Waals surface area contributed by atoms with E-state index in [4.69, 9.17) is 5.73 Å². The maximum absolute atomic E-state index is 12.6. The normalized spacial score (nSPS) is 31.3. The number of carbonyl (C=O) groups is 1. The van der Waals surface area contributed by atoms with Gasteiger partial charge >= 0.3 is 12.1 Å². The van der Waals surface area contributed by atoms with E-state index in [0.717, 1.165) is 7.11 Å². The molecule has 1 fully saturated rings. The van der Waals surface area contributed by atoms with Crippen LogP contribution in [0.1, 0.15) is 12.8 Å². The van der Waals surface area contributed by atoms with Crippen molar-refractivity contribution in [2.24, 2.45) is 11.1 Å². The Morgan fingerprint density at radius 2 is 2.18 bits per heavy atom. The number of nitrogens with zero attached hydrogens (tertiary/aromatic N) is 1. The van der Waals surface area contributed by atoms with Crippen LogP contribution < -0.4 is 5.73 Å². The first-order chi connectivity index (χ1) is 7.71. The van der Waals surface area contributed by atoms with Crippen LogP contribution in [0.4, 0.5) is 13.2 Å². The summed E-state index contributed by atoms with van der Waals surface area (Å²) in [5, 5.41) is 0. The van der Waals surface area contributed by atoms with E-state index in [1.807, 2.05) is 4.90 Å². The van der Waals surface area contributed by atoms with E-state index < -0.39 is 30.0 Å². The molecule has 0 aromatic carbocycles. The first-order valence-corrected chi connectivity index (χ1v) is 5.30. The molecule has 0 aliphatic carbocycles. The largest absolute Gasteiger partial charge is 0.469 e. The number of piperidine rings is 1. The minimum Gasteiger partial charge on any atom is -0.469 e. The second-order valence-corrected chi connectivity index (χ2v) is 4.56. The van der Waals surface area contributed by atoms with Gasteiger partial charge in [0.05, 0.1) is 18.9 Å². The minimum atomic E-state index is -4.43. The Labute approximate surface area is 97.9 Å². The Balaban J connectivity index is 2.98. The van der Waals surface area contributed by atoms with Crippen molar-refractivity contribution in [3.63, 3.8) is 0 Å². The third-order valence-electron chi connectivity index (χ3n) is 3.27. The predicted octanol–water partition coefficient (Wildman–Crippen LogP) is 0.761. The molecule has 2 N–H and O–H groups in total. The van der Waals surface area contributed by atoms with Crippen LogP contribution in [0.15, 0.2) is 0 Å². The standard InChI is InChI=1S/C10H17F3N2O2/c1-15-4-3-9(7(14)5-15,8(16)17-2)6-10(11,12)13/h7H,3-6,14H2,1-2H3. The van der Waals surface area contributed by atoms with Gasteiger partial charge in [0.1, 0.15) is 0 Å². The molecule has 7 heteroatoms. The van der Waals surface area contributed by atoms with E-state index in [0.29, 0.717) is 6.54 Å². The van der Waals surface area contributed by atoms with Crippen molar-refractivity contribution in [3.05, 3.63) is 0 Å². The second kappa shape index (κ2) is 4.81. The zero-order chi connectivity index (χ0) is 13.3. The van der Waals surface area contributed by atoms with Gasteiger partial charge < -0.3 is 15.4 Å². The number of likely N-dealkylation sites (tertiary alicyclic amines) is 1. The van der Waals surface area contributed by atoms with Crippen LogP contribution in [0.25, 0.3) is 0 Å². The maximum Gasteiger partial charge on any atom is 0.390 e. The predicted molar refractivity (Wildman–Crippen MR) is 55.2 cm³/mol. The molecule has 1 aliphatic heterocycles. The molecule has 4 nitrogen and oxygen atoms in total. The number of methoxy groups -OCH3 is 1. The monoisotopic (exact) mass is 254 g/mol. The summed E-state index contributed by atoms with van der Waals surface area (Å²) in [5.74, 6) is -0.865. The lowest BCUT2D eigenvalue weighted by atomic mass is 9.72. The fourth-order valence-electron chi connectivity index (χ4n) is 2.28. The van der Waals surface area contributed by atoms with Crippen LogP contribution >= 0.6 is 0 Å². The molecule has 0 saturated carbocycles. The van der Waals surface area contributed by atoms with Gasteiger partial charge in [0.25, 0.3) is 0 Å². The van der Waals surface area contributed by atoms with E-state index in [2.05, 4.69) is 4.74 Å². The summed E-state index contributed by atoms with van der Waals surface area (Å²) < 4.78 is 42.2. The smallest absolute Gasteiger partial charge is 0.390 e. The van der Waals surface area contributed by atoms with Gasteiger partial charge in [0.15, 0.2) is 0 Å². The van der Waals surface area contributed by atoms with Gasteiger partial charge in [0.2, 0.25) is 0 Å². The molecule has 0 radical (unpaired) electrons. The van der Waals surface area contributed by atoms with Crippen LogP contribution in [0.2, 0.25) is 0 Å². The lowest BCUT2D eigenvalue weighted by Gasteiger charge is -2.43. The van der Waals surface area contributed by atoms with Crippen molar-refractivity contribution in [3.8, 4) is 0 Å². The van der Waals surface area contributed by atoms with Gasteiger partial charge in [-0.1, -0.05) is 0 Å². The molecule has 2 unspecified atom stereocenters. The quantitative estimate of drug-likeness (QED) is 0.739. The molecule has 1 aliphatic rings. The number of esters is 1. The highest BCUT2D eigenvalue weighted by atomic mass is 19.4. The number of alkyl halides is 3. The number of nitrogens with two attached hydrogens (primary N) is 1. The van der Waals surface area contributed by atoms with Crippen LogP contribution in [0.3, 0.4) is 0 Å². The molecule has 2 atom stereocenters. The Morgan fingerprint density at radius 1 is 1.59 bits per heavy atom. The topological polar surface area (TPSA) is 55.6 Å². The number of ether oxygens (including phenoxy) is 1. The fraction of sp³-hybridized carbons (Fsp3) is 0.900. The van der Waals surface area contributed by atoms with E-state index in [1.54, 1.807) is 7.05 Å². The highest BCUT2D eigenvalue weighted by Gasteiger charge is 2.53. The second-order valence-electron chi connectivity index (χ2n) is 4.56. The van der Waals surface area contributed by atoms with E-state index in [1.165, 1.54) is 0 Å². The number of rotatable bonds is 2. The van der Waals surface area contributed by atoms with E-state index >= 15 is 0 Å². The SMILES string of the molecule is COC(=O)C1(CC(F)(F)F)CCN(C)CC1N. The average Bonchev–Trinajstić information content (AvgIpc) is 2.19. The van der Waals surface area contributed by atoms with Crippen molar-refractivity contribution in [1.82, 2.24) is 4.90 Å². The first-order valence-electron chi connectivity index (χ1n) is 5.30. The molecule has 0 spiro atoms. The van der Waals surface area contributed by atoms with Crippen molar-refractivity contribution >= 4 is 5.97 Å². The zero-order valence-corrected chi connectivity index (χ0v) is 9.88. The van der Waals surface area contributed by atoms with Gasteiger partial charge in [-0.15, -0.1) is 0 Å². The van der Waals surface area contributed by atoms with Gasteiger partial charge in [-0.05, 0) is 20.0 Å². The van der Waals surface area contributed by atoms with Crippen LogP contribution in [-0.2, 0) is 9.53 Å². The van der Waals surface area contributed by atoms with Crippen molar-refractivity contribution < 1.29 is 22.7 Å². The van der Waals surface area contributed by atoms with Crippen molar-refractivity contribution in [2.45, 2.75) is 25.1 Å². The van der Waals surface area contributed by atoms with Crippen LogP contribution in [0, 0.1) is 5.41 Å². The molecular formula is C10H17F3N2O2. The highest BCUT2D eigenvalue weighted by Crippen LogP contribution is 2.41. The molecule has 17 heavy (non-hydrogen) atoms. The first kappa shape index (κ1) is 14.2. The number of likely N-dealkylation sites (N-methyl/N-ethyl adjacent to an activating group) is 1. The lowest BCUT2D eigenvalue weighted by molar-refractivity contribution is -0.188. The van der Waals surface area contributed by atoms with Gasteiger partial charge in [-0.2, -0.15) is 13.2 Å². The van der Waals surface area contributed by atoms with Gasteiger partial charge in [-0.25, -0.2) is 0 Å². The molecular weight excluding hydrogens is 237 g/mol. The molecule has 1 rings (SSSR count). The molecule has 1 saturated heterocycles. The third kappa shape index (κ3) is 3.10. The maximum atomic E-state index is 12.6. The number of hydrogen-bond acceptors (Lipinski definition) is 4. The van der Waals surface area contributed by atoms with Gasteiger partial charge in [-0.3, -0.25) is 4.79 Å². The molecule has 0 bridgehead atoms. The summed E-state index contributed by atoms with van der Waals surface area (Å²) in [4.78, 5) is 13.5. The van der Waals surface area contributed by atoms with Crippen molar-refractivity contribution in [2.75, 3.05) is 27.2 Å². The zero-order valence-electron chi connectivity index (χ0n) is 9.88. The number of carbonyl (C=O) groups excluding carboxylic acids is 1. The molecule has 0 amide bonds. The third-order valence-corrected chi connectivity index (χ3v) is 3.27. The summed E-state index contributed by atoms with van der Waals surface area (Å²) >= 11 is 0. The summed E-state index contributed by atoms with van der Waals surface area (Å²) in [6, 6.07) is -0.865. The number of halogens is 3.